The summed E-state index contributed by atoms with van der Waals surface area (Å²) >= 11 is 0. The van der Waals surface area contributed by atoms with Gasteiger partial charge < -0.3 is 20.7 Å². The smallest absolute Gasteiger partial charge is 0.326 e. The second-order valence-electron chi connectivity index (χ2n) is 9.11. The number of ether oxygens (including phenoxy) is 1. The van der Waals surface area contributed by atoms with Crippen molar-refractivity contribution in [3.05, 3.63) is 75.9 Å². The minimum Gasteiger partial charge on any atom is -0.487 e. The Hall–Kier alpha value is -3.48. The first-order valence-electron chi connectivity index (χ1n) is 11.7. The van der Waals surface area contributed by atoms with Crippen LogP contribution >= 0.6 is 0 Å². The highest BCUT2D eigenvalue weighted by molar-refractivity contribution is 7.92. The Kier molecular flexibility index (Phi) is 7.53. The highest BCUT2D eigenvalue weighted by Gasteiger charge is 2.39. The van der Waals surface area contributed by atoms with Crippen molar-refractivity contribution in [3.8, 4) is 5.75 Å². The first-order valence-corrected chi connectivity index (χ1v) is 13.2. The molecule has 37 heavy (non-hydrogen) atoms. The number of aryl methyl sites for hydroxylation is 3. The molecule has 10 nitrogen and oxygen atoms in total. The molecule has 1 saturated heterocycles. The van der Waals surface area contributed by atoms with Gasteiger partial charge in [-0.3, -0.25) is 4.79 Å². The number of amides is 1. The molecule has 198 valence electrons. The summed E-state index contributed by atoms with van der Waals surface area (Å²) in [5.41, 5.74) is 3.58. The Morgan fingerprint density at radius 3 is 2.68 bits per heavy atom. The number of anilines is 1. The summed E-state index contributed by atoms with van der Waals surface area (Å²) < 4.78 is 55.2. The van der Waals surface area contributed by atoms with Gasteiger partial charge in [-0.25, -0.2) is 13.4 Å². The normalized spacial score (nSPS) is 18.2. The quantitative estimate of drug-likeness (QED) is 0.421. The minimum atomic E-state index is -4.23. The first-order chi connectivity index (χ1) is 17.2. The van der Waals surface area contributed by atoms with Gasteiger partial charge >= 0.3 is 10.2 Å². The van der Waals surface area contributed by atoms with Crippen molar-refractivity contribution >= 4 is 21.8 Å². The van der Waals surface area contributed by atoms with Crippen molar-refractivity contribution in [1.82, 2.24) is 21.3 Å². The Morgan fingerprint density at radius 2 is 2.03 bits per heavy atom. The lowest BCUT2D eigenvalue weighted by molar-refractivity contribution is -0.117. The van der Waals surface area contributed by atoms with E-state index < -0.39 is 28.5 Å². The molecule has 1 amide bonds. The fraction of sp³-hybridized carbons (Fsp3) is 0.360. The standard InChI is InChI=1S/C25H27FN4O5S.H3N/c1-15-21(16(2)35-28-15)12-27-19-9-8-18-10-22(34-14-17-6-4-3-5-7-17)25(24(26)20(18)11-19)30-13-23(31)29-36(30,32)33;/h3-7,10,19,27H,8-9,11-14H2,1-2H3,(H,29,31);1H3. The van der Waals surface area contributed by atoms with Crippen LogP contribution in [0.4, 0.5) is 10.1 Å². The molecule has 1 aliphatic carbocycles. The van der Waals surface area contributed by atoms with Crippen molar-refractivity contribution in [1.29, 1.82) is 0 Å². The average molecular weight is 532 g/mol. The summed E-state index contributed by atoms with van der Waals surface area (Å²) in [6.45, 7) is 3.88. The summed E-state index contributed by atoms with van der Waals surface area (Å²) in [4.78, 5) is 11.9. The molecule has 1 aliphatic heterocycles. The lowest BCUT2D eigenvalue weighted by Gasteiger charge is -2.29. The molecule has 1 aromatic heterocycles. The van der Waals surface area contributed by atoms with Crippen molar-refractivity contribution < 1.29 is 26.9 Å². The van der Waals surface area contributed by atoms with Gasteiger partial charge in [0, 0.05) is 18.2 Å². The summed E-state index contributed by atoms with van der Waals surface area (Å²) in [6, 6.07) is 11.0. The zero-order valence-electron chi connectivity index (χ0n) is 20.7. The molecule has 0 saturated carbocycles. The molecule has 1 unspecified atom stereocenters. The van der Waals surface area contributed by atoms with Crippen molar-refractivity contribution in [2.24, 2.45) is 0 Å². The highest BCUT2D eigenvalue weighted by Crippen LogP contribution is 2.40. The maximum atomic E-state index is 16.1. The molecular formula is C25H30FN5O5S. The van der Waals surface area contributed by atoms with Crippen LogP contribution in [-0.2, 0) is 41.0 Å². The zero-order chi connectivity index (χ0) is 25.4. The number of carbonyl (C=O) groups excluding carboxylic acids is 1. The monoisotopic (exact) mass is 531 g/mol. The number of nitrogens with one attached hydrogen (secondary N) is 2. The number of benzene rings is 2. The third-order valence-electron chi connectivity index (χ3n) is 6.67. The van der Waals surface area contributed by atoms with Crippen LogP contribution in [0, 0.1) is 19.7 Å². The van der Waals surface area contributed by atoms with E-state index in [1.165, 1.54) is 0 Å². The van der Waals surface area contributed by atoms with E-state index in [4.69, 9.17) is 9.26 Å². The zero-order valence-corrected chi connectivity index (χ0v) is 21.5. The van der Waals surface area contributed by atoms with Gasteiger partial charge in [-0.05, 0) is 55.9 Å². The lowest BCUT2D eigenvalue weighted by Crippen LogP contribution is -2.36. The van der Waals surface area contributed by atoms with E-state index in [-0.39, 0.29) is 30.2 Å². The Bertz CT molecular complexity index is 1390. The maximum Gasteiger partial charge on any atom is 0.326 e. The molecule has 2 aliphatic rings. The van der Waals surface area contributed by atoms with Crippen LogP contribution in [0.15, 0.2) is 40.9 Å². The molecule has 0 radical (unpaired) electrons. The van der Waals surface area contributed by atoms with Gasteiger partial charge in [0.05, 0.1) is 5.69 Å². The molecule has 2 heterocycles. The number of nitrogens with zero attached hydrogens (tertiary/aromatic N) is 2. The van der Waals surface area contributed by atoms with E-state index in [1.807, 2.05) is 48.9 Å². The Morgan fingerprint density at radius 1 is 1.27 bits per heavy atom. The van der Waals surface area contributed by atoms with Gasteiger partial charge in [-0.15, -0.1) is 0 Å². The fourth-order valence-corrected chi connectivity index (χ4v) is 5.89. The van der Waals surface area contributed by atoms with E-state index in [0.29, 0.717) is 24.9 Å². The van der Waals surface area contributed by atoms with E-state index >= 15 is 4.39 Å². The lowest BCUT2D eigenvalue weighted by atomic mass is 9.87. The minimum absolute atomic E-state index is 0. The molecular weight excluding hydrogens is 501 g/mol. The van der Waals surface area contributed by atoms with Crippen LogP contribution in [-0.4, -0.2) is 32.1 Å². The second-order valence-corrected chi connectivity index (χ2v) is 10.7. The highest BCUT2D eigenvalue weighted by atomic mass is 32.2. The first kappa shape index (κ1) is 26.6. The van der Waals surface area contributed by atoms with E-state index in [0.717, 1.165) is 38.9 Å². The topological polar surface area (TPSA) is 149 Å². The molecule has 5 N–H and O–H groups in total. The SMILES string of the molecule is Cc1noc(C)c1CNC1CCc2cc(OCc3ccccc3)c(N3CC(=O)NS3(=O)=O)c(F)c2C1.N. The van der Waals surface area contributed by atoms with Crippen LogP contribution in [0.25, 0.3) is 0 Å². The largest absolute Gasteiger partial charge is 0.487 e. The van der Waals surface area contributed by atoms with Gasteiger partial charge in [0.25, 0.3) is 5.91 Å². The molecule has 2 aromatic carbocycles. The number of halogens is 1. The van der Waals surface area contributed by atoms with Crippen LogP contribution in [0.1, 0.15) is 40.1 Å². The van der Waals surface area contributed by atoms with Gasteiger partial charge in [0.1, 0.15) is 30.3 Å². The summed E-state index contributed by atoms with van der Waals surface area (Å²) in [7, 11) is -4.23. The molecule has 0 spiro atoms. The Labute approximate surface area is 214 Å². The van der Waals surface area contributed by atoms with Crippen molar-refractivity contribution in [2.45, 2.75) is 52.3 Å². The number of hydrogen-bond acceptors (Lipinski definition) is 8. The van der Waals surface area contributed by atoms with E-state index in [2.05, 4.69) is 10.5 Å². The van der Waals surface area contributed by atoms with E-state index in [1.54, 1.807) is 6.07 Å². The van der Waals surface area contributed by atoms with Gasteiger partial charge in [-0.2, -0.15) is 8.42 Å². The molecule has 12 heteroatoms. The fourth-order valence-electron chi connectivity index (χ4n) is 4.73. The molecule has 5 rings (SSSR count). The predicted molar refractivity (Wildman–Crippen MR) is 135 cm³/mol. The molecule has 0 bridgehead atoms. The Balaban J connectivity index is 0.00000320. The molecule has 1 fully saturated rings. The van der Waals surface area contributed by atoms with E-state index in [9.17, 15) is 13.2 Å². The van der Waals surface area contributed by atoms with Crippen LogP contribution < -0.4 is 25.2 Å². The van der Waals surface area contributed by atoms with Crippen molar-refractivity contribution in [2.75, 3.05) is 10.8 Å². The number of carbonyl (C=O) groups is 1. The second kappa shape index (κ2) is 10.5. The van der Waals surface area contributed by atoms with Crippen molar-refractivity contribution in [3.63, 3.8) is 0 Å². The average Bonchev–Trinajstić information content (AvgIpc) is 3.32. The number of aromatic nitrogens is 1. The third-order valence-corrected chi connectivity index (χ3v) is 8.04. The summed E-state index contributed by atoms with van der Waals surface area (Å²) in [5.74, 6) is -0.571. The van der Waals surface area contributed by atoms with Gasteiger partial charge in [0.15, 0.2) is 5.82 Å². The van der Waals surface area contributed by atoms with Crippen LogP contribution in [0.3, 0.4) is 0 Å². The maximum absolute atomic E-state index is 16.1. The number of rotatable bonds is 7. The van der Waals surface area contributed by atoms with Crippen LogP contribution in [0.5, 0.6) is 5.75 Å². The number of fused-ring (bicyclic) bond motifs is 1. The molecule has 1 atom stereocenters. The van der Waals surface area contributed by atoms with Gasteiger partial charge in [0.2, 0.25) is 0 Å². The molecule has 3 aromatic rings. The summed E-state index contributed by atoms with van der Waals surface area (Å²) in [5, 5.41) is 7.42. The number of hydrogen-bond donors (Lipinski definition) is 3. The van der Waals surface area contributed by atoms with Crippen LogP contribution in [0.2, 0.25) is 0 Å². The van der Waals surface area contributed by atoms with Gasteiger partial charge in [-0.1, -0.05) is 35.5 Å². The predicted octanol–water partition coefficient (Wildman–Crippen LogP) is 3.00. The third kappa shape index (κ3) is 5.31. The summed E-state index contributed by atoms with van der Waals surface area (Å²) in [6.07, 6.45) is 1.73.